The fraction of sp³-hybridized carbons (Fsp3) is 0.571. The third kappa shape index (κ3) is 4.75. The number of pyridine rings is 1. The lowest BCUT2D eigenvalue weighted by Gasteiger charge is -2.35. The molecule has 1 aliphatic rings. The van der Waals surface area contributed by atoms with Crippen molar-refractivity contribution in [1.82, 2.24) is 19.9 Å². The van der Waals surface area contributed by atoms with Gasteiger partial charge < -0.3 is 15.2 Å². The van der Waals surface area contributed by atoms with Crippen LogP contribution in [0.3, 0.4) is 0 Å². The number of aromatic nitrogens is 1. The summed E-state index contributed by atoms with van der Waals surface area (Å²) in [5, 5.41) is 5.70. The second kappa shape index (κ2) is 7.66. The largest absolute Gasteiger partial charge is 0.335 e. The van der Waals surface area contributed by atoms with Crippen molar-refractivity contribution in [3.8, 4) is 0 Å². The van der Waals surface area contributed by atoms with Gasteiger partial charge in [-0.1, -0.05) is 13.0 Å². The van der Waals surface area contributed by atoms with Crippen LogP contribution in [0.15, 0.2) is 24.5 Å². The van der Waals surface area contributed by atoms with Crippen LogP contribution in [0.2, 0.25) is 0 Å². The molecule has 2 amide bonds. The molecular weight excluding hydrogens is 304 g/mol. The highest BCUT2D eigenvalue weighted by Crippen LogP contribution is 2.17. The molecule has 123 valence electrons. The van der Waals surface area contributed by atoms with Crippen LogP contribution in [0.5, 0.6) is 0 Å². The maximum absolute atomic E-state index is 11.9. The number of piperidine rings is 1. The first kappa shape index (κ1) is 16.9. The summed E-state index contributed by atoms with van der Waals surface area (Å²) in [6, 6.07) is 3.54. The van der Waals surface area contributed by atoms with E-state index in [0.717, 1.165) is 5.56 Å². The second-order valence-electron chi connectivity index (χ2n) is 5.29. The van der Waals surface area contributed by atoms with Crippen LogP contribution in [-0.4, -0.2) is 49.0 Å². The third-order valence-corrected chi connectivity index (χ3v) is 5.67. The molecule has 0 bridgehead atoms. The monoisotopic (exact) mass is 327 g/mol. The highest BCUT2D eigenvalue weighted by atomic mass is 32.3. The predicted molar refractivity (Wildman–Crippen MR) is 85.5 cm³/mol. The molecule has 3 N–H and O–H groups in total. The van der Waals surface area contributed by atoms with E-state index in [1.165, 1.54) is 0 Å². The van der Waals surface area contributed by atoms with Crippen molar-refractivity contribution in [2.24, 2.45) is 0 Å². The number of amides is 2. The van der Waals surface area contributed by atoms with Gasteiger partial charge >= 0.3 is 6.03 Å². The summed E-state index contributed by atoms with van der Waals surface area (Å²) in [7, 11) is -2.87. The first-order valence-electron chi connectivity index (χ1n) is 7.44. The molecule has 1 fully saturated rings. The summed E-state index contributed by atoms with van der Waals surface area (Å²) in [6.45, 7) is 3.19. The van der Waals surface area contributed by atoms with Crippen molar-refractivity contribution < 1.29 is 13.6 Å². The van der Waals surface area contributed by atoms with Gasteiger partial charge in [0, 0.05) is 43.8 Å². The van der Waals surface area contributed by atoms with E-state index in [1.54, 1.807) is 23.6 Å². The Morgan fingerprint density at radius 3 is 2.82 bits per heavy atom. The van der Waals surface area contributed by atoms with Crippen LogP contribution in [-0.2, 0) is 16.9 Å². The number of hydrogen-bond donors (Lipinski definition) is 3. The number of urea groups is 1. The minimum atomic E-state index is -2.87. The Kier molecular flexibility index (Phi) is 5.87. The van der Waals surface area contributed by atoms with Crippen molar-refractivity contribution in [3.05, 3.63) is 30.1 Å². The molecule has 1 aliphatic heterocycles. The summed E-state index contributed by atoms with van der Waals surface area (Å²) in [4.78, 5) is 15.8. The molecule has 2 rings (SSSR count). The van der Waals surface area contributed by atoms with E-state index in [9.17, 15) is 13.6 Å². The van der Waals surface area contributed by atoms with Gasteiger partial charge in [0.1, 0.15) is 10.4 Å². The van der Waals surface area contributed by atoms with E-state index < -0.39 is 10.4 Å². The Balaban J connectivity index is 1.72. The zero-order chi connectivity index (χ0) is 16.0. The van der Waals surface area contributed by atoms with Crippen LogP contribution in [0, 0.1) is 0 Å². The second-order valence-corrected chi connectivity index (χ2v) is 7.59. The molecule has 7 nitrogen and oxygen atoms in total. The van der Waals surface area contributed by atoms with Gasteiger partial charge in [-0.2, -0.15) is 0 Å². The van der Waals surface area contributed by atoms with Gasteiger partial charge in [0.15, 0.2) is 0 Å². The maximum atomic E-state index is 11.9. The molecule has 1 atom stereocenters. The SMILES string of the molecule is CC[S](=O)(O)N1CCC(NC(=O)NCc2cccnc2)CC1. The number of rotatable bonds is 5. The number of nitrogens with zero attached hydrogens (tertiary/aromatic N) is 2. The Hall–Kier alpha value is -1.51. The molecule has 1 radical (unpaired) electrons. The number of hydrogen-bond acceptors (Lipinski definition) is 3. The summed E-state index contributed by atoms with van der Waals surface area (Å²) in [5.74, 6) is 0.233. The van der Waals surface area contributed by atoms with Gasteiger partial charge in [-0.05, 0) is 24.5 Å². The third-order valence-electron chi connectivity index (χ3n) is 3.74. The standard InChI is InChI=1S/C14H23N4O3S/c1-2-22(20,21)18-8-5-13(6-9-18)17-14(19)16-11-12-4-3-7-15-10-12/h3-4,7,10,13H,2,5-6,8-9,11H2,1H3,(H,20,21)(H2,16,17,19). The molecule has 8 heteroatoms. The fourth-order valence-corrected chi connectivity index (χ4v) is 3.54. The van der Waals surface area contributed by atoms with Crippen LogP contribution >= 0.6 is 0 Å². The van der Waals surface area contributed by atoms with Gasteiger partial charge in [-0.25, -0.2) is 13.3 Å². The minimum absolute atomic E-state index is 0.0391. The van der Waals surface area contributed by atoms with Crippen molar-refractivity contribution in [2.45, 2.75) is 32.4 Å². The molecule has 1 aromatic heterocycles. The van der Waals surface area contributed by atoms with Gasteiger partial charge in [-0.3, -0.25) is 4.98 Å². The van der Waals surface area contributed by atoms with E-state index in [4.69, 9.17) is 0 Å². The number of carbonyl (C=O) groups is 1. The first-order chi connectivity index (χ1) is 10.5. The Morgan fingerprint density at radius 2 is 2.23 bits per heavy atom. The highest BCUT2D eigenvalue weighted by Gasteiger charge is 2.28. The normalized spacial score (nSPS) is 19.4. The average Bonchev–Trinajstić information content (AvgIpc) is 2.54. The molecular formula is C14H23N4O3S. The molecule has 0 saturated carbocycles. The Bertz CT molecular complexity index is 532. The molecule has 1 aromatic rings. The lowest BCUT2D eigenvalue weighted by Crippen LogP contribution is -2.50. The van der Waals surface area contributed by atoms with Gasteiger partial charge in [0.2, 0.25) is 0 Å². The van der Waals surface area contributed by atoms with Crippen LogP contribution in [0.4, 0.5) is 4.79 Å². The summed E-state index contributed by atoms with van der Waals surface area (Å²) in [6.07, 6.45) is 4.75. The minimum Gasteiger partial charge on any atom is -0.335 e. The van der Waals surface area contributed by atoms with E-state index in [-0.39, 0.29) is 17.8 Å². The average molecular weight is 327 g/mol. The quantitative estimate of drug-likeness (QED) is 0.753. The summed E-state index contributed by atoms with van der Waals surface area (Å²) in [5.41, 5.74) is 0.940. The fourth-order valence-electron chi connectivity index (χ4n) is 2.39. The van der Waals surface area contributed by atoms with Crippen molar-refractivity contribution in [2.75, 3.05) is 18.8 Å². The smallest absolute Gasteiger partial charge is 0.315 e. The topological polar surface area (TPSA) is 94.6 Å². The van der Waals surface area contributed by atoms with E-state index in [1.807, 2.05) is 12.1 Å². The van der Waals surface area contributed by atoms with Crippen molar-refractivity contribution >= 4 is 16.4 Å². The van der Waals surface area contributed by atoms with Gasteiger partial charge in [-0.15, -0.1) is 0 Å². The van der Waals surface area contributed by atoms with Gasteiger partial charge in [0.25, 0.3) is 0 Å². The molecule has 0 aromatic carbocycles. The number of carbonyl (C=O) groups excluding carboxylic acids is 1. The molecule has 1 unspecified atom stereocenters. The first-order valence-corrected chi connectivity index (χ1v) is 9.08. The zero-order valence-electron chi connectivity index (χ0n) is 12.7. The lowest BCUT2D eigenvalue weighted by molar-refractivity contribution is 0.226. The van der Waals surface area contributed by atoms with Gasteiger partial charge in [0.05, 0.1) is 0 Å². The highest BCUT2D eigenvalue weighted by molar-refractivity contribution is 7.95. The summed E-state index contributed by atoms with van der Waals surface area (Å²) >= 11 is 0. The molecule has 0 aliphatic carbocycles. The Morgan fingerprint density at radius 1 is 1.50 bits per heavy atom. The zero-order valence-corrected chi connectivity index (χ0v) is 13.5. The van der Waals surface area contributed by atoms with E-state index in [0.29, 0.717) is 32.5 Å². The molecule has 22 heavy (non-hydrogen) atoms. The molecule has 1 saturated heterocycles. The lowest BCUT2D eigenvalue weighted by atomic mass is 10.1. The van der Waals surface area contributed by atoms with Crippen molar-refractivity contribution in [3.63, 3.8) is 0 Å². The van der Waals surface area contributed by atoms with Crippen molar-refractivity contribution in [1.29, 1.82) is 0 Å². The predicted octanol–water partition coefficient (Wildman–Crippen LogP) is 1.04. The van der Waals surface area contributed by atoms with Crippen LogP contribution < -0.4 is 10.6 Å². The molecule has 0 spiro atoms. The molecule has 2 heterocycles. The van der Waals surface area contributed by atoms with E-state index in [2.05, 4.69) is 15.6 Å². The van der Waals surface area contributed by atoms with Crippen LogP contribution in [0.25, 0.3) is 0 Å². The van der Waals surface area contributed by atoms with Crippen LogP contribution in [0.1, 0.15) is 25.3 Å². The van der Waals surface area contributed by atoms with E-state index >= 15 is 0 Å². The Labute approximate surface area is 131 Å². The maximum Gasteiger partial charge on any atom is 0.315 e. The number of nitrogens with one attached hydrogen (secondary N) is 2. The summed E-state index contributed by atoms with van der Waals surface area (Å²) < 4.78 is 23.3.